The third-order valence-electron chi connectivity index (χ3n) is 5.05. The first-order chi connectivity index (χ1) is 14.5. The van der Waals surface area contributed by atoms with Gasteiger partial charge in [-0.05, 0) is 37.1 Å². The third kappa shape index (κ3) is 4.35. The van der Waals surface area contributed by atoms with Crippen molar-refractivity contribution in [2.75, 3.05) is 27.4 Å². The van der Waals surface area contributed by atoms with Crippen molar-refractivity contribution in [1.29, 1.82) is 0 Å². The molecule has 0 saturated carbocycles. The van der Waals surface area contributed by atoms with Crippen LogP contribution in [-0.4, -0.2) is 49.4 Å². The fraction of sp³-hybridized carbons (Fsp3) is 0.333. The topological polar surface area (TPSA) is 108 Å². The number of nitro benzene ring substituents is 1. The van der Waals surface area contributed by atoms with Gasteiger partial charge < -0.3 is 19.1 Å². The summed E-state index contributed by atoms with van der Waals surface area (Å²) in [6.07, 6.45) is 2.06. The second kappa shape index (κ2) is 9.25. The van der Waals surface area contributed by atoms with E-state index in [1.165, 1.54) is 12.1 Å². The average Bonchev–Trinajstić information content (AvgIpc) is 3.26. The van der Waals surface area contributed by atoms with Gasteiger partial charge in [-0.15, -0.1) is 0 Å². The number of aldehydes is 1. The first-order valence-electron chi connectivity index (χ1n) is 9.36. The van der Waals surface area contributed by atoms with Gasteiger partial charge in [0.1, 0.15) is 17.2 Å². The standard InChI is InChI=1S/C21H22N2O7/c1-28-16-6-8-20(29-2)17(11-16)18-4-3-9-22(18)21(25)13-30-19-7-5-15(23(26)27)10-14(19)12-24/h5-8,10-12,18H,3-4,9,13H2,1-2H3/t18-/m0/s1. The number of carbonyl (C=O) groups excluding carboxylic acids is 2. The number of nitro groups is 1. The Kier molecular flexibility index (Phi) is 6.51. The van der Waals surface area contributed by atoms with Gasteiger partial charge in [0.2, 0.25) is 0 Å². The number of likely N-dealkylation sites (tertiary alicyclic amines) is 1. The monoisotopic (exact) mass is 414 g/mol. The normalized spacial score (nSPS) is 15.5. The molecule has 1 amide bonds. The van der Waals surface area contributed by atoms with Gasteiger partial charge in [-0.1, -0.05) is 0 Å². The zero-order valence-corrected chi connectivity index (χ0v) is 16.7. The van der Waals surface area contributed by atoms with Gasteiger partial charge in [-0.25, -0.2) is 0 Å². The summed E-state index contributed by atoms with van der Waals surface area (Å²) in [4.78, 5) is 36.1. The van der Waals surface area contributed by atoms with Crippen molar-refractivity contribution in [3.63, 3.8) is 0 Å². The van der Waals surface area contributed by atoms with E-state index in [0.29, 0.717) is 24.3 Å². The molecule has 1 fully saturated rings. The van der Waals surface area contributed by atoms with E-state index in [2.05, 4.69) is 0 Å². The highest BCUT2D eigenvalue weighted by Crippen LogP contribution is 2.39. The molecule has 1 atom stereocenters. The Balaban J connectivity index is 1.76. The second-order valence-corrected chi connectivity index (χ2v) is 6.74. The average molecular weight is 414 g/mol. The molecule has 0 radical (unpaired) electrons. The Morgan fingerprint density at radius 3 is 2.63 bits per heavy atom. The van der Waals surface area contributed by atoms with Crippen LogP contribution in [0.1, 0.15) is 34.8 Å². The molecule has 1 heterocycles. The van der Waals surface area contributed by atoms with Crippen LogP contribution in [0.2, 0.25) is 0 Å². The van der Waals surface area contributed by atoms with Crippen molar-refractivity contribution in [1.82, 2.24) is 4.90 Å². The lowest BCUT2D eigenvalue weighted by molar-refractivity contribution is -0.384. The molecular weight excluding hydrogens is 392 g/mol. The van der Waals surface area contributed by atoms with Crippen molar-refractivity contribution >= 4 is 17.9 Å². The number of hydrogen-bond donors (Lipinski definition) is 0. The van der Waals surface area contributed by atoms with Gasteiger partial charge >= 0.3 is 0 Å². The lowest BCUT2D eigenvalue weighted by Gasteiger charge is -2.26. The summed E-state index contributed by atoms with van der Waals surface area (Å²) in [6.45, 7) is 0.273. The fourth-order valence-corrected chi connectivity index (χ4v) is 3.58. The maximum Gasteiger partial charge on any atom is 0.270 e. The summed E-state index contributed by atoms with van der Waals surface area (Å²) in [5, 5.41) is 10.9. The minimum Gasteiger partial charge on any atom is -0.497 e. The Bertz CT molecular complexity index is 960. The predicted molar refractivity (Wildman–Crippen MR) is 107 cm³/mol. The summed E-state index contributed by atoms with van der Waals surface area (Å²) < 4.78 is 16.3. The molecule has 2 aromatic carbocycles. The van der Waals surface area contributed by atoms with Crippen LogP contribution >= 0.6 is 0 Å². The van der Waals surface area contributed by atoms with Gasteiger partial charge in [-0.2, -0.15) is 0 Å². The first-order valence-corrected chi connectivity index (χ1v) is 9.36. The van der Waals surface area contributed by atoms with E-state index in [1.807, 2.05) is 6.07 Å². The number of non-ortho nitro benzene ring substituents is 1. The molecular formula is C21H22N2O7. The molecule has 0 bridgehead atoms. The van der Waals surface area contributed by atoms with E-state index in [-0.39, 0.29) is 35.6 Å². The summed E-state index contributed by atoms with van der Waals surface area (Å²) in [7, 11) is 3.15. The summed E-state index contributed by atoms with van der Waals surface area (Å²) in [6, 6.07) is 8.94. The number of ether oxygens (including phenoxy) is 3. The van der Waals surface area contributed by atoms with Gasteiger partial charge in [0, 0.05) is 24.2 Å². The smallest absolute Gasteiger partial charge is 0.270 e. The van der Waals surface area contributed by atoms with Crippen LogP contribution in [0.3, 0.4) is 0 Å². The molecule has 0 aliphatic carbocycles. The highest BCUT2D eigenvalue weighted by molar-refractivity contribution is 5.82. The second-order valence-electron chi connectivity index (χ2n) is 6.74. The van der Waals surface area contributed by atoms with E-state index in [9.17, 15) is 19.7 Å². The maximum absolute atomic E-state index is 12.9. The molecule has 0 unspecified atom stereocenters. The molecule has 1 saturated heterocycles. The SMILES string of the molecule is COc1ccc(OC)c([C@@H]2CCCN2C(=O)COc2ccc([N+](=O)[O-])cc2C=O)c1. The molecule has 9 nitrogen and oxygen atoms in total. The highest BCUT2D eigenvalue weighted by Gasteiger charge is 2.32. The van der Waals surface area contributed by atoms with Crippen LogP contribution in [0.4, 0.5) is 5.69 Å². The van der Waals surface area contributed by atoms with Crippen LogP contribution in [0.5, 0.6) is 17.2 Å². The minimum absolute atomic E-state index is 0.0180. The molecule has 1 aliphatic heterocycles. The van der Waals surface area contributed by atoms with Crippen molar-refractivity contribution in [3.05, 3.63) is 57.6 Å². The molecule has 0 spiro atoms. The van der Waals surface area contributed by atoms with Crippen LogP contribution in [-0.2, 0) is 4.79 Å². The highest BCUT2D eigenvalue weighted by atomic mass is 16.6. The maximum atomic E-state index is 12.9. The Morgan fingerprint density at radius 1 is 1.20 bits per heavy atom. The lowest BCUT2D eigenvalue weighted by Crippen LogP contribution is -2.34. The molecule has 30 heavy (non-hydrogen) atoms. The number of rotatable bonds is 8. The van der Waals surface area contributed by atoms with E-state index in [1.54, 1.807) is 31.3 Å². The van der Waals surface area contributed by atoms with E-state index in [4.69, 9.17) is 14.2 Å². The number of benzene rings is 2. The van der Waals surface area contributed by atoms with E-state index in [0.717, 1.165) is 24.5 Å². The number of methoxy groups -OCH3 is 2. The number of nitrogens with zero attached hydrogens (tertiary/aromatic N) is 2. The van der Waals surface area contributed by atoms with Crippen LogP contribution in [0.15, 0.2) is 36.4 Å². The van der Waals surface area contributed by atoms with Crippen LogP contribution in [0.25, 0.3) is 0 Å². The van der Waals surface area contributed by atoms with Crippen molar-refractivity contribution in [2.45, 2.75) is 18.9 Å². The Labute approximate surface area is 173 Å². The third-order valence-corrected chi connectivity index (χ3v) is 5.05. The lowest BCUT2D eigenvalue weighted by atomic mass is 10.0. The molecule has 0 aromatic heterocycles. The molecule has 3 rings (SSSR count). The van der Waals surface area contributed by atoms with Crippen molar-refractivity contribution in [2.24, 2.45) is 0 Å². The molecule has 0 N–H and O–H groups in total. The molecule has 158 valence electrons. The Morgan fingerprint density at radius 2 is 1.97 bits per heavy atom. The van der Waals surface area contributed by atoms with E-state index >= 15 is 0 Å². The molecule has 2 aromatic rings. The molecule has 9 heteroatoms. The van der Waals surface area contributed by atoms with E-state index < -0.39 is 4.92 Å². The number of hydrogen-bond acceptors (Lipinski definition) is 7. The van der Waals surface area contributed by atoms with Crippen LogP contribution < -0.4 is 14.2 Å². The van der Waals surface area contributed by atoms with Crippen LogP contribution in [0, 0.1) is 10.1 Å². The summed E-state index contributed by atoms with van der Waals surface area (Å²) in [5.74, 6) is 1.21. The fourth-order valence-electron chi connectivity index (χ4n) is 3.58. The van der Waals surface area contributed by atoms with Gasteiger partial charge in [0.05, 0.1) is 30.7 Å². The quantitative estimate of drug-likeness (QED) is 0.371. The molecule has 1 aliphatic rings. The van der Waals surface area contributed by atoms with Crippen molar-refractivity contribution < 1.29 is 28.7 Å². The number of amides is 1. The largest absolute Gasteiger partial charge is 0.497 e. The summed E-state index contributed by atoms with van der Waals surface area (Å²) >= 11 is 0. The Hall–Kier alpha value is -3.62. The zero-order chi connectivity index (χ0) is 21.7. The van der Waals surface area contributed by atoms with Crippen molar-refractivity contribution in [3.8, 4) is 17.2 Å². The zero-order valence-electron chi connectivity index (χ0n) is 16.7. The van der Waals surface area contributed by atoms with Gasteiger partial charge in [0.25, 0.3) is 11.6 Å². The predicted octanol–water partition coefficient (Wildman–Crippen LogP) is 3.17. The first kappa shape index (κ1) is 21.1. The minimum atomic E-state index is -0.599. The van der Waals surface area contributed by atoms with Gasteiger partial charge in [0.15, 0.2) is 12.9 Å². The number of carbonyl (C=O) groups is 2. The van der Waals surface area contributed by atoms with Gasteiger partial charge in [-0.3, -0.25) is 19.7 Å². The summed E-state index contributed by atoms with van der Waals surface area (Å²) in [5.41, 5.74) is 0.650.